The Kier molecular flexibility index (Phi) is 4.57. The Balaban J connectivity index is 2.21. The average molecular weight is 392 g/mol. The van der Waals surface area contributed by atoms with Crippen LogP contribution < -0.4 is 4.74 Å². The highest BCUT2D eigenvalue weighted by Crippen LogP contribution is 2.43. The van der Waals surface area contributed by atoms with Crippen LogP contribution in [0.4, 0.5) is 4.39 Å². The monoisotopic (exact) mass is 392 g/mol. The van der Waals surface area contributed by atoms with E-state index in [1.54, 1.807) is 0 Å². The van der Waals surface area contributed by atoms with Crippen molar-refractivity contribution in [3.63, 3.8) is 0 Å². The number of rotatable bonds is 4. The van der Waals surface area contributed by atoms with Gasteiger partial charge in [0.2, 0.25) is 5.79 Å². The third-order valence-corrected chi connectivity index (χ3v) is 5.35. The van der Waals surface area contributed by atoms with Crippen LogP contribution in [-0.4, -0.2) is 38.6 Å². The number of hydrogen-bond donors (Lipinski definition) is 1. The third kappa shape index (κ3) is 3.45. The third-order valence-electron chi connectivity index (χ3n) is 4.22. The van der Waals surface area contributed by atoms with Gasteiger partial charge in [-0.2, -0.15) is 0 Å². The van der Waals surface area contributed by atoms with Gasteiger partial charge in [-0.1, -0.05) is 18.2 Å². The molecule has 1 aliphatic rings. The molecular weight excluding hydrogens is 375 g/mol. The van der Waals surface area contributed by atoms with Gasteiger partial charge >= 0.3 is 5.97 Å². The molecule has 0 aliphatic carbocycles. The van der Waals surface area contributed by atoms with Crippen molar-refractivity contribution in [2.75, 3.05) is 13.4 Å². The zero-order valence-corrected chi connectivity index (χ0v) is 15.6. The predicted octanol–water partition coefficient (Wildman–Crippen LogP) is 2.41. The van der Waals surface area contributed by atoms with E-state index in [2.05, 4.69) is 0 Å². The Bertz CT molecular complexity index is 1050. The van der Waals surface area contributed by atoms with Gasteiger partial charge in [-0.05, 0) is 35.4 Å². The fourth-order valence-electron chi connectivity index (χ4n) is 2.98. The van der Waals surface area contributed by atoms with Gasteiger partial charge in [-0.3, -0.25) is 0 Å². The van der Waals surface area contributed by atoms with E-state index in [9.17, 15) is 22.7 Å². The van der Waals surface area contributed by atoms with E-state index in [1.807, 2.05) is 0 Å². The van der Waals surface area contributed by atoms with E-state index in [1.165, 1.54) is 50.4 Å². The Morgan fingerprint density at radius 2 is 1.70 bits per heavy atom. The molecule has 0 saturated carbocycles. The Hall–Kier alpha value is -2.71. The van der Waals surface area contributed by atoms with E-state index < -0.39 is 27.4 Å². The molecule has 0 saturated heterocycles. The van der Waals surface area contributed by atoms with Crippen molar-refractivity contribution < 1.29 is 32.2 Å². The first kappa shape index (κ1) is 19.1. The van der Waals surface area contributed by atoms with Gasteiger partial charge < -0.3 is 14.6 Å². The van der Waals surface area contributed by atoms with Gasteiger partial charge in [-0.25, -0.2) is 17.6 Å². The number of halogens is 1. The lowest BCUT2D eigenvalue weighted by Crippen LogP contribution is -2.26. The maximum atomic E-state index is 14.1. The number of cyclic esters (lactones) is 1. The quantitative estimate of drug-likeness (QED) is 0.804. The molecule has 3 rings (SSSR count). The van der Waals surface area contributed by atoms with Crippen LogP contribution in [0.1, 0.15) is 18.1 Å². The van der Waals surface area contributed by atoms with E-state index in [0.717, 1.165) is 12.3 Å². The van der Waals surface area contributed by atoms with Crippen molar-refractivity contribution in [3.05, 3.63) is 59.4 Å². The van der Waals surface area contributed by atoms with Crippen molar-refractivity contribution >= 4 is 27.0 Å². The molecule has 8 heteroatoms. The number of aliphatic hydroxyl groups is 1. The standard InChI is InChI=1S/C19H17FO6S/c1-19(22)17(11-4-7-13(8-5-11)27(3,23)24)16(18(21)26-19)12-6-9-15(25-2)14(20)10-12/h4-10,22H,1-3H3. The molecule has 2 aromatic rings. The van der Waals surface area contributed by atoms with E-state index in [-0.39, 0.29) is 27.4 Å². The normalized spacial score (nSPS) is 20.0. The minimum absolute atomic E-state index is 0.00587. The first-order chi connectivity index (χ1) is 12.5. The maximum absolute atomic E-state index is 14.1. The molecule has 6 nitrogen and oxygen atoms in total. The van der Waals surface area contributed by atoms with Crippen molar-refractivity contribution in [2.24, 2.45) is 0 Å². The van der Waals surface area contributed by atoms with E-state index >= 15 is 0 Å². The van der Waals surface area contributed by atoms with Crippen LogP contribution >= 0.6 is 0 Å². The van der Waals surface area contributed by atoms with Crippen molar-refractivity contribution in [1.29, 1.82) is 0 Å². The van der Waals surface area contributed by atoms with Gasteiger partial charge in [0.05, 0.1) is 17.6 Å². The molecular formula is C19H17FO6S. The first-order valence-corrected chi connectivity index (χ1v) is 9.78. The summed E-state index contributed by atoms with van der Waals surface area (Å²) >= 11 is 0. The number of hydrogen-bond acceptors (Lipinski definition) is 6. The molecule has 0 radical (unpaired) electrons. The number of benzene rings is 2. The zero-order valence-electron chi connectivity index (χ0n) is 14.8. The summed E-state index contributed by atoms with van der Waals surface area (Å²) in [5.74, 6) is -3.42. The van der Waals surface area contributed by atoms with Gasteiger partial charge in [0.1, 0.15) is 0 Å². The summed E-state index contributed by atoms with van der Waals surface area (Å²) in [6, 6.07) is 9.60. The summed E-state index contributed by atoms with van der Waals surface area (Å²) in [5, 5.41) is 10.6. The molecule has 1 N–H and O–H groups in total. The molecule has 0 fully saturated rings. The minimum atomic E-state index is -3.40. The highest BCUT2D eigenvalue weighted by Gasteiger charge is 2.44. The van der Waals surface area contributed by atoms with Crippen LogP contribution in [0, 0.1) is 5.82 Å². The topological polar surface area (TPSA) is 89.9 Å². The number of ether oxygens (including phenoxy) is 2. The minimum Gasteiger partial charge on any atom is -0.494 e. The molecule has 0 spiro atoms. The predicted molar refractivity (Wildman–Crippen MR) is 96.0 cm³/mol. The number of methoxy groups -OCH3 is 1. The molecule has 1 atom stereocenters. The lowest BCUT2D eigenvalue weighted by Gasteiger charge is -2.20. The molecule has 1 heterocycles. The molecule has 0 bridgehead atoms. The number of carbonyl (C=O) groups excluding carboxylic acids is 1. The summed E-state index contributed by atoms with van der Waals surface area (Å²) in [7, 11) is -2.08. The molecule has 0 amide bonds. The fourth-order valence-corrected chi connectivity index (χ4v) is 3.61. The lowest BCUT2D eigenvalue weighted by molar-refractivity contribution is -0.169. The Morgan fingerprint density at radius 3 is 2.22 bits per heavy atom. The molecule has 0 aromatic heterocycles. The second-order valence-electron chi connectivity index (χ2n) is 6.27. The highest BCUT2D eigenvalue weighted by molar-refractivity contribution is 7.90. The summed E-state index contributed by atoms with van der Waals surface area (Å²) in [6.45, 7) is 1.29. The summed E-state index contributed by atoms with van der Waals surface area (Å²) in [4.78, 5) is 12.5. The van der Waals surface area contributed by atoms with Crippen LogP contribution in [-0.2, 0) is 19.4 Å². The average Bonchev–Trinajstić information content (AvgIpc) is 2.82. The van der Waals surface area contributed by atoms with Gasteiger partial charge in [0.25, 0.3) is 0 Å². The zero-order chi connectivity index (χ0) is 20.0. The largest absolute Gasteiger partial charge is 0.494 e. The van der Waals surface area contributed by atoms with E-state index in [4.69, 9.17) is 9.47 Å². The fraction of sp³-hybridized carbons (Fsp3) is 0.211. The Morgan fingerprint density at radius 1 is 1.11 bits per heavy atom. The first-order valence-electron chi connectivity index (χ1n) is 7.89. The number of carbonyl (C=O) groups is 1. The SMILES string of the molecule is COc1ccc(C2=C(c3ccc(S(C)(=O)=O)cc3)C(C)(O)OC2=O)cc1F. The lowest BCUT2D eigenvalue weighted by atomic mass is 9.92. The molecule has 2 aromatic carbocycles. The van der Waals surface area contributed by atoms with Crippen LogP contribution in [0.15, 0.2) is 47.4 Å². The van der Waals surface area contributed by atoms with Crippen molar-refractivity contribution in [3.8, 4) is 5.75 Å². The molecule has 142 valence electrons. The van der Waals surface area contributed by atoms with Crippen molar-refractivity contribution in [1.82, 2.24) is 0 Å². The Labute approximate surface area is 155 Å². The number of esters is 1. The summed E-state index contributed by atoms with van der Waals surface area (Å²) in [5.41, 5.74) is 0.702. The van der Waals surface area contributed by atoms with E-state index in [0.29, 0.717) is 5.56 Å². The molecule has 27 heavy (non-hydrogen) atoms. The van der Waals surface area contributed by atoms with Crippen LogP contribution in [0.5, 0.6) is 5.75 Å². The molecule has 1 unspecified atom stereocenters. The van der Waals surface area contributed by atoms with Crippen LogP contribution in [0.25, 0.3) is 11.1 Å². The van der Waals surface area contributed by atoms with Gasteiger partial charge in [0, 0.05) is 18.8 Å². The molecule has 1 aliphatic heterocycles. The highest BCUT2D eigenvalue weighted by atomic mass is 32.2. The number of sulfone groups is 1. The second-order valence-corrected chi connectivity index (χ2v) is 8.28. The summed E-state index contributed by atoms with van der Waals surface area (Å²) in [6.07, 6.45) is 1.07. The second kappa shape index (κ2) is 6.47. The summed E-state index contributed by atoms with van der Waals surface area (Å²) < 4.78 is 47.3. The maximum Gasteiger partial charge on any atom is 0.342 e. The van der Waals surface area contributed by atoms with Crippen LogP contribution in [0.3, 0.4) is 0 Å². The van der Waals surface area contributed by atoms with Gasteiger partial charge in [-0.15, -0.1) is 0 Å². The smallest absolute Gasteiger partial charge is 0.342 e. The van der Waals surface area contributed by atoms with Crippen molar-refractivity contribution in [2.45, 2.75) is 17.6 Å². The van der Waals surface area contributed by atoms with Gasteiger partial charge in [0.15, 0.2) is 21.4 Å². The van der Waals surface area contributed by atoms with Crippen LogP contribution in [0.2, 0.25) is 0 Å².